The van der Waals surface area contributed by atoms with Gasteiger partial charge in [0, 0.05) is 30.8 Å². The van der Waals surface area contributed by atoms with Gasteiger partial charge in [-0.15, -0.1) is 0 Å². The summed E-state index contributed by atoms with van der Waals surface area (Å²) in [5, 5.41) is 4.26. The van der Waals surface area contributed by atoms with Crippen molar-refractivity contribution in [1.29, 1.82) is 0 Å². The second-order valence-electron chi connectivity index (χ2n) is 5.22. The molecule has 0 aliphatic heterocycles. The Balaban J connectivity index is 2.81. The molecule has 0 fully saturated rings. The molecule has 3 heteroatoms. The number of rotatable bonds is 7. The average molecular weight is 269 g/mol. The Morgan fingerprint density at radius 3 is 2.67 bits per heavy atom. The summed E-state index contributed by atoms with van der Waals surface area (Å²) in [4.78, 5) is 2.29. The van der Waals surface area contributed by atoms with Gasteiger partial charge in [0.25, 0.3) is 0 Å². The van der Waals surface area contributed by atoms with Crippen molar-refractivity contribution in [3.8, 4) is 0 Å². The molecule has 102 valence electrons. The normalized spacial score (nSPS) is 11.0. The lowest BCUT2D eigenvalue weighted by molar-refractivity contribution is 0.632. The Hall–Kier alpha value is -0.730. The standard InChI is InChI=1S/C15H25ClN2/c1-5-8-17-10-13-6-7-14(16)9-15(13)18(4)11-12(2)3/h6-7,9,12,17H,5,8,10-11H2,1-4H3. The molecule has 0 amide bonds. The van der Waals surface area contributed by atoms with Crippen molar-refractivity contribution in [1.82, 2.24) is 5.32 Å². The largest absolute Gasteiger partial charge is 0.374 e. The summed E-state index contributed by atoms with van der Waals surface area (Å²) in [5.74, 6) is 0.644. The summed E-state index contributed by atoms with van der Waals surface area (Å²) in [7, 11) is 2.13. The lowest BCUT2D eigenvalue weighted by Gasteiger charge is -2.24. The van der Waals surface area contributed by atoms with Crippen molar-refractivity contribution in [2.45, 2.75) is 33.7 Å². The maximum atomic E-state index is 6.11. The van der Waals surface area contributed by atoms with E-state index in [0.717, 1.165) is 31.1 Å². The Morgan fingerprint density at radius 2 is 2.06 bits per heavy atom. The lowest BCUT2D eigenvalue weighted by Crippen LogP contribution is -2.25. The lowest BCUT2D eigenvalue weighted by atomic mass is 10.1. The van der Waals surface area contributed by atoms with Gasteiger partial charge in [0.05, 0.1) is 0 Å². The molecule has 0 aliphatic carbocycles. The highest BCUT2D eigenvalue weighted by Crippen LogP contribution is 2.24. The molecule has 0 spiro atoms. The summed E-state index contributed by atoms with van der Waals surface area (Å²) in [6.07, 6.45) is 1.16. The van der Waals surface area contributed by atoms with Crippen LogP contribution in [0.3, 0.4) is 0 Å². The third kappa shape index (κ3) is 4.87. The summed E-state index contributed by atoms with van der Waals surface area (Å²) in [5.41, 5.74) is 2.55. The summed E-state index contributed by atoms with van der Waals surface area (Å²) >= 11 is 6.11. The van der Waals surface area contributed by atoms with Gasteiger partial charge in [-0.1, -0.05) is 38.4 Å². The first kappa shape index (κ1) is 15.3. The van der Waals surface area contributed by atoms with E-state index in [1.54, 1.807) is 0 Å². The zero-order chi connectivity index (χ0) is 13.5. The molecular formula is C15H25ClN2. The van der Waals surface area contributed by atoms with Gasteiger partial charge in [-0.2, -0.15) is 0 Å². The Labute approximate surface area is 116 Å². The fourth-order valence-corrected chi connectivity index (χ4v) is 2.25. The van der Waals surface area contributed by atoms with Crippen LogP contribution in [0, 0.1) is 5.92 Å². The second-order valence-corrected chi connectivity index (χ2v) is 5.66. The molecular weight excluding hydrogens is 244 g/mol. The van der Waals surface area contributed by atoms with Crippen molar-refractivity contribution in [3.63, 3.8) is 0 Å². The van der Waals surface area contributed by atoms with E-state index in [1.165, 1.54) is 11.3 Å². The van der Waals surface area contributed by atoms with E-state index in [0.29, 0.717) is 5.92 Å². The van der Waals surface area contributed by atoms with Crippen LogP contribution in [0.5, 0.6) is 0 Å². The van der Waals surface area contributed by atoms with Gasteiger partial charge in [0.15, 0.2) is 0 Å². The van der Waals surface area contributed by atoms with Gasteiger partial charge in [-0.05, 0) is 36.6 Å². The molecule has 1 rings (SSSR count). The third-order valence-electron chi connectivity index (χ3n) is 2.84. The number of nitrogens with zero attached hydrogens (tertiary/aromatic N) is 1. The molecule has 0 saturated carbocycles. The molecule has 0 atom stereocenters. The van der Waals surface area contributed by atoms with E-state index in [2.05, 4.69) is 50.2 Å². The third-order valence-corrected chi connectivity index (χ3v) is 3.07. The molecule has 0 bridgehead atoms. The molecule has 0 aliphatic rings. The first-order valence-electron chi connectivity index (χ1n) is 6.74. The van der Waals surface area contributed by atoms with E-state index in [1.807, 2.05) is 6.07 Å². The zero-order valence-corrected chi connectivity index (χ0v) is 12.7. The number of anilines is 1. The van der Waals surface area contributed by atoms with Crippen LogP contribution in [0.25, 0.3) is 0 Å². The molecule has 0 unspecified atom stereocenters. The first-order chi connectivity index (χ1) is 8.54. The maximum Gasteiger partial charge on any atom is 0.0426 e. The molecule has 0 saturated heterocycles. The highest BCUT2D eigenvalue weighted by atomic mass is 35.5. The molecule has 1 aromatic carbocycles. The Bertz CT molecular complexity index is 364. The van der Waals surface area contributed by atoms with Gasteiger partial charge in [-0.3, -0.25) is 0 Å². The van der Waals surface area contributed by atoms with Crippen molar-refractivity contribution in [2.24, 2.45) is 5.92 Å². The Kier molecular flexibility index (Phi) is 6.51. The Morgan fingerprint density at radius 1 is 1.33 bits per heavy atom. The molecule has 18 heavy (non-hydrogen) atoms. The van der Waals surface area contributed by atoms with Gasteiger partial charge in [0.2, 0.25) is 0 Å². The van der Waals surface area contributed by atoms with Gasteiger partial charge in [0.1, 0.15) is 0 Å². The van der Waals surface area contributed by atoms with Gasteiger partial charge in [-0.25, -0.2) is 0 Å². The van der Waals surface area contributed by atoms with Crippen molar-refractivity contribution < 1.29 is 0 Å². The van der Waals surface area contributed by atoms with E-state index >= 15 is 0 Å². The first-order valence-corrected chi connectivity index (χ1v) is 7.12. The molecule has 1 N–H and O–H groups in total. The monoisotopic (exact) mass is 268 g/mol. The number of hydrogen-bond donors (Lipinski definition) is 1. The predicted octanol–water partition coefficient (Wildman–Crippen LogP) is 3.93. The maximum absolute atomic E-state index is 6.11. The highest BCUT2D eigenvalue weighted by Gasteiger charge is 2.09. The van der Waals surface area contributed by atoms with Crippen LogP contribution in [0.4, 0.5) is 5.69 Å². The quantitative estimate of drug-likeness (QED) is 0.754. The van der Waals surface area contributed by atoms with Crippen LogP contribution in [-0.2, 0) is 6.54 Å². The predicted molar refractivity (Wildman–Crippen MR) is 81.6 cm³/mol. The molecule has 0 aromatic heterocycles. The van der Waals surface area contributed by atoms with Crippen LogP contribution in [0.2, 0.25) is 5.02 Å². The molecule has 0 heterocycles. The minimum absolute atomic E-state index is 0.644. The SMILES string of the molecule is CCCNCc1ccc(Cl)cc1N(C)CC(C)C. The zero-order valence-electron chi connectivity index (χ0n) is 12.0. The fraction of sp³-hybridized carbons (Fsp3) is 0.600. The van der Waals surface area contributed by atoms with Crippen LogP contribution in [0.1, 0.15) is 32.8 Å². The van der Waals surface area contributed by atoms with Crippen LogP contribution in [-0.4, -0.2) is 20.1 Å². The van der Waals surface area contributed by atoms with E-state index in [9.17, 15) is 0 Å². The minimum Gasteiger partial charge on any atom is -0.374 e. The smallest absolute Gasteiger partial charge is 0.0426 e. The molecule has 2 nitrogen and oxygen atoms in total. The number of halogens is 1. The number of hydrogen-bond acceptors (Lipinski definition) is 2. The number of benzene rings is 1. The highest BCUT2D eigenvalue weighted by molar-refractivity contribution is 6.30. The fourth-order valence-electron chi connectivity index (χ4n) is 2.09. The average Bonchev–Trinajstić information content (AvgIpc) is 2.30. The van der Waals surface area contributed by atoms with Crippen LogP contribution >= 0.6 is 11.6 Å². The minimum atomic E-state index is 0.644. The molecule has 0 radical (unpaired) electrons. The summed E-state index contributed by atoms with van der Waals surface area (Å²) < 4.78 is 0. The van der Waals surface area contributed by atoms with E-state index in [-0.39, 0.29) is 0 Å². The van der Waals surface area contributed by atoms with Gasteiger partial charge < -0.3 is 10.2 Å². The summed E-state index contributed by atoms with van der Waals surface area (Å²) in [6, 6.07) is 6.15. The van der Waals surface area contributed by atoms with Crippen molar-refractivity contribution in [3.05, 3.63) is 28.8 Å². The van der Waals surface area contributed by atoms with E-state index < -0.39 is 0 Å². The van der Waals surface area contributed by atoms with Crippen LogP contribution in [0.15, 0.2) is 18.2 Å². The topological polar surface area (TPSA) is 15.3 Å². The number of nitrogens with one attached hydrogen (secondary N) is 1. The summed E-state index contributed by atoms with van der Waals surface area (Å²) in [6.45, 7) is 9.65. The molecule has 1 aromatic rings. The van der Waals surface area contributed by atoms with Gasteiger partial charge >= 0.3 is 0 Å². The van der Waals surface area contributed by atoms with E-state index in [4.69, 9.17) is 11.6 Å². The van der Waals surface area contributed by atoms with Crippen molar-refractivity contribution in [2.75, 3.05) is 25.0 Å². The van der Waals surface area contributed by atoms with Crippen LogP contribution < -0.4 is 10.2 Å². The second kappa shape index (κ2) is 7.65. The van der Waals surface area contributed by atoms with Crippen molar-refractivity contribution >= 4 is 17.3 Å².